The van der Waals surface area contributed by atoms with Crippen molar-refractivity contribution in [3.8, 4) is 0 Å². The normalized spacial score (nSPS) is 19.9. The molecule has 0 amide bonds. The molecule has 0 saturated heterocycles. The third kappa shape index (κ3) is 3.76. The number of hydrogen-bond acceptors (Lipinski definition) is 4. The third-order valence-electron chi connectivity index (χ3n) is 4.76. The Hall–Kier alpha value is -1.11. The molecule has 0 aliphatic heterocycles. The largest absolute Gasteiger partial charge is 0.426 e. The van der Waals surface area contributed by atoms with Crippen LogP contribution in [0.4, 0.5) is 13.2 Å². The second-order valence-electron chi connectivity index (χ2n) is 7.30. The molecule has 7 heteroatoms. The summed E-state index contributed by atoms with van der Waals surface area (Å²) >= 11 is 0. The molecule has 0 unspecified atom stereocenters. The molecule has 1 aromatic heterocycles. The van der Waals surface area contributed by atoms with Crippen LogP contribution >= 0.6 is 0 Å². The van der Waals surface area contributed by atoms with Gasteiger partial charge in [0.15, 0.2) is 0 Å². The van der Waals surface area contributed by atoms with Crippen LogP contribution in [0, 0.1) is 11.8 Å². The number of alkyl halides is 3. The highest BCUT2D eigenvalue weighted by molar-refractivity contribution is 5.06. The van der Waals surface area contributed by atoms with Crippen molar-refractivity contribution >= 4 is 0 Å². The Balaban J connectivity index is 2.32. The van der Waals surface area contributed by atoms with Gasteiger partial charge in [-0.1, -0.05) is 47.0 Å². The molecule has 1 aliphatic carbocycles. The van der Waals surface area contributed by atoms with Gasteiger partial charge in [-0.25, -0.2) is 0 Å². The van der Waals surface area contributed by atoms with E-state index >= 15 is 0 Å². The summed E-state index contributed by atoms with van der Waals surface area (Å²) in [4.78, 5) is 0. The lowest BCUT2D eigenvalue weighted by molar-refractivity contribution is -0.312. The van der Waals surface area contributed by atoms with Gasteiger partial charge >= 0.3 is 6.18 Å². The zero-order valence-electron chi connectivity index (χ0n) is 14.8. The molecule has 1 heterocycles. The zero-order valence-corrected chi connectivity index (χ0v) is 14.8. The van der Waals surface area contributed by atoms with E-state index in [1.807, 2.05) is 0 Å². The molecule has 0 spiro atoms. The number of ether oxygens (including phenoxy) is 1. The molecular formula is C17H27F3N2O2. The van der Waals surface area contributed by atoms with Crippen LogP contribution in [0.2, 0.25) is 0 Å². The van der Waals surface area contributed by atoms with Crippen LogP contribution in [0.15, 0.2) is 4.42 Å². The average Bonchev–Trinajstić information content (AvgIpc) is 2.97. The Morgan fingerprint density at radius 2 is 1.71 bits per heavy atom. The van der Waals surface area contributed by atoms with E-state index < -0.39 is 23.6 Å². The van der Waals surface area contributed by atoms with Crippen molar-refractivity contribution in [3.63, 3.8) is 0 Å². The van der Waals surface area contributed by atoms with Crippen molar-refractivity contribution in [2.75, 3.05) is 6.61 Å². The molecule has 1 atom stereocenters. The summed E-state index contributed by atoms with van der Waals surface area (Å²) in [5.74, 6) is -1.14. The number of hydrogen-bond donors (Lipinski definition) is 0. The van der Waals surface area contributed by atoms with E-state index in [0.717, 1.165) is 32.1 Å². The first-order chi connectivity index (χ1) is 11.2. The highest BCUT2D eigenvalue weighted by Crippen LogP contribution is 2.48. The van der Waals surface area contributed by atoms with E-state index in [0.29, 0.717) is 0 Å². The lowest BCUT2D eigenvalue weighted by Gasteiger charge is -2.37. The molecule has 1 saturated carbocycles. The van der Waals surface area contributed by atoms with Crippen LogP contribution in [0.1, 0.15) is 77.5 Å². The smallest absolute Gasteiger partial charge is 0.421 e. The maximum Gasteiger partial charge on any atom is 0.426 e. The minimum atomic E-state index is -4.63. The van der Waals surface area contributed by atoms with Crippen LogP contribution < -0.4 is 0 Å². The maximum absolute atomic E-state index is 14.0. The van der Waals surface area contributed by atoms with Crippen molar-refractivity contribution in [1.29, 1.82) is 0 Å². The summed E-state index contributed by atoms with van der Waals surface area (Å²) in [6, 6.07) is 0. The lowest BCUT2D eigenvalue weighted by atomic mass is 9.87. The molecule has 1 aromatic rings. The summed E-state index contributed by atoms with van der Waals surface area (Å²) in [6.45, 7) is 6.62. The minimum Gasteiger partial charge on any atom is -0.421 e. The Labute approximate surface area is 141 Å². The highest BCUT2D eigenvalue weighted by Gasteiger charge is 2.63. The van der Waals surface area contributed by atoms with E-state index in [-0.39, 0.29) is 24.3 Å². The molecule has 1 aliphatic rings. The maximum atomic E-state index is 14.0. The Morgan fingerprint density at radius 3 is 2.17 bits per heavy atom. The Kier molecular flexibility index (Phi) is 5.94. The molecule has 0 N–H and O–H groups in total. The van der Waals surface area contributed by atoms with Gasteiger partial charge in [-0.3, -0.25) is 0 Å². The summed E-state index contributed by atoms with van der Waals surface area (Å²) < 4.78 is 53.0. The fourth-order valence-corrected chi connectivity index (χ4v) is 3.23. The standard InChI is InChI=1S/C17H27F3N2O2/c1-11(2)14-21-22-15(24-14)16(12(3)4,17(18,19)20)23-10-13-8-6-5-7-9-13/h11-13H,5-10H2,1-4H3/t16-/m1/s1. The van der Waals surface area contributed by atoms with Gasteiger partial charge in [-0.15, -0.1) is 10.2 Å². The Morgan fingerprint density at radius 1 is 1.08 bits per heavy atom. The predicted molar refractivity (Wildman–Crippen MR) is 83.5 cm³/mol. The molecular weight excluding hydrogens is 321 g/mol. The van der Waals surface area contributed by atoms with Crippen LogP contribution in [0.5, 0.6) is 0 Å². The summed E-state index contributed by atoms with van der Waals surface area (Å²) in [7, 11) is 0. The van der Waals surface area contributed by atoms with Crippen molar-refractivity contribution in [2.24, 2.45) is 11.8 Å². The van der Waals surface area contributed by atoms with Gasteiger partial charge in [0.05, 0.1) is 6.61 Å². The molecule has 0 bridgehead atoms. The first kappa shape index (κ1) is 19.2. The minimum absolute atomic E-state index is 0.0665. The van der Waals surface area contributed by atoms with Gasteiger partial charge in [-0.05, 0) is 18.8 Å². The molecule has 1 fully saturated rings. The van der Waals surface area contributed by atoms with Crippen LogP contribution in [-0.2, 0) is 10.3 Å². The van der Waals surface area contributed by atoms with E-state index in [1.54, 1.807) is 13.8 Å². The van der Waals surface area contributed by atoms with Crippen molar-refractivity contribution < 1.29 is 22.3 Å². The van der Waals surface area contributed by atoms with Crippen molar-refractivity contribution in [3.05, 3.63) is 11.8 Å². The molecule has 24 heavy (non-hydrogen) atoms. The predicted octanol–water partition coefficient (Wildman–Crippen LogP) is 5.20. The molecule has 138 valence electrons. The second kappa shape index (κ2) is 7.42. The quantitative estimate of drug-likeness (QED) is 0.708. The third-order valence-corrected chi connectivity index (χ3v) is 4.76. The summed E-state index contributed by atoms with van der Waals surface area (Å²) in [5, 5.41) is 7.48. The highest BCUT2D eigenvalue weighted by atomic mass is 19.4. The van der Waals surface area contributed by atoms with Crippen molar-refractivity contribution in [1.82, 2.24) is 10.2 Å². The number of aromatic nitrogens is 2. The SMILES string of the molecule is CC(C)c1nnc([C@](OCC2CCCCC2)(C(C)C)C(F)(F)F)o1. The Bertz CT molecular complexity index is 522. The lowest BCUT2D eigenvalue weighted by Crippen LogP contribution is -2.50. The van der Waals surface area contributed by atoms with E-state index in [4.69, 9.17) is 9.15 Å². The van der Waals surface area contributed by atoms with E-state index in [2.05, 4.69) is 10.2 Å². The zero-order chi connectivity index (χ0) is 18.0. The van der Waals surface area contributed by atoms with Gasteiger partial charge in [-0.2, -0.15) is 13.2 Å². The van der Waals surface area contributed by atoms with Crippen LogP contribution in [-0.4, -0.2) is 23.0 Å². The average molecular weight is 348 g/mol. The number of rotatable bonds is 6. The fraction of sp³-hybridized carbons (Fsp3) is 0.882. The van der Waals surface area contributed by atoms with Gasteiger partial charge in [0, 0.05) is 11.8 Å². The summed E-state index contributed by atoms with van der Waals surface area (Å²) in [6.07, 6.45) is 0.433. The topological polar surface area (TPSA) is 48.2 Å². The molecule has 2 rings (SSSR count). The molecule has 4 nitrogen and oxygen atoms in total. The van der Waals surface area contributed by atoms with Crippen molar-refractivity contribution in [2.45, 2.75) is 77.5 Å². The van der Waals surface area contributed by atoms with Gasteiger partial charge in [0.1, 0.15) is 0 Å². The van der Waals surface area contributed by atoms with E-state index in [1.165, 1.54) is 13.8 Å². The first-order valence-electron chi connectivity index (χ1n) is 8.73. The van der Waals surface area contributed by atoms with Gasteiger partial charge < -0.3 is 9.15 Å². The molecule has 0 radical (unpaired) electrons. The second-order valence-corrected chi connectivity index (χ2v) is 7.30. The van der Waals surface area contributed by atoms with Crippen LogP contribution in [0.25, 0.3) is 0 Å². The number of halogens is 3. The molecule has 0 aromatic carbocycles. The van der Waals surface area contributed by atoms with Gasteiger partial charge in [0.2, 0.25) is 11.5 Å². The van der Waals surface area contributed by atoms with Gasteiger partial charge in [0.25, 0.3) is 5.89 Å². The first-order valence-corrected chi connectivity index (χ1v) is 8.73. The monoisotopic (exact) mass is 348 g/mol. The van der Waals surface area contributed by atoms with Crippen LogP contribution in [0.3, 0.4) is 0 Å². The fourth-order valence-electron chi connectivity index (χ4n) is 3.23. The summed E-state index contributed by atoms with van der Waals surface area (Å²) in [5.41, 5.74) is -2.55. The van der Waals surface area contributed by atoms with E-state index in [9.17, 15) is 13.2 Å². The number of nitrogens with zero attached hydrogens (tertiary/aromatic N) is 2.